The molecule has 9 atom stereocenters. The highest BCUT2D eigenvalue weighted by molar-refractivity contribution is 5.95. The van der Waals surface area contributed by atoms with Crippen LogP contribution in [0, 0.1) is 50.2 Å². The van der Waals surface area contributed by atoms with E-state index in [2.05, 4.69) is 52.9 Å². The van der Waals surface area contributed by atoms with E-state index in [1.807, 2.05) is 6.92 Å². The number of amides is 1. The quantitative estimate of drug-likeness (QED) is 0.184. The van der Waals surface area contributed by atoms with Gasteiger partial charge < -0.3 is 20.3 Å². The summed E-state index contributed by atoms with van der Waals surface area (Å²) in [6, 6.07) is 0. The number of allylic oxidation sites excluding steroid dienone is 2. The monoisotopic (exact) mass is 599 g/mol. The number of rotatable bonds is 6. The van der Waals surface area contributed by atoms with Crippen LogP contribution in [-0.2, 0) is 23.9 Å². The molecule has 240 valence electrons. The van der Waals surface area contributed by atoms with Crippen molar-refractivity contribution in [3.63, 3.8) is 0 Å². The molecule has 0 aromatic carbocycles. The summed E-state index contributed by atoms with van der Waals surface area (Å²) in [7, 11) is 0. The number of carboxylic acid groups (broad SMARTS) is 2. The highest BCUT2D eigenvalue weighted by Gasteiger charge is 2.68. The number of carboxylic acids is 2. The van der Waals surface area contributed by atoms with Crippen molar-refractivity contribution >= 4 is 23.8 Å². The van der Waals surface area contributed by atoms with Gasteiger partial charge in [0.25, 0.3) is 0 Å². The number of hydrogen-bond donors (Lipinski definition) is 3. The molecule has 3 N–H and O–H groups in total. The first-order chi connectivity index (χ1) is 19.8. The second-order valence-electron chi connectivity index (χ2n) is 16.8. The van der Waals surface area contributed by atoms with E-state index in [1.165, 1.54) is 5.57 Å². The topological polar surface area (TPSA) is 130 Å². The van der Waals surface area contributed by atoms with Gasteiger partial charge in [0.05, 0.1) is 5.41 Å². The molecule has 1 unspecified atom stereocenters. The maximum absolute atomic E-state index is 12.7. The Bertz CT molecular complexity index is 1240. The van der Waals surface area contributed by atoms with Gasteiger partial charge in [0.15, 0.2) is 0 Å². The summed E-state index contributed by atoms with van der Waals surface area (Å²) >= 11 is 0. The van der Waals surface area contributed by atoms with Gasteiger partial charge in [0.2, 0.25) is 5.91 Å². The van der Waals surface area contributed by atoms with Crippen molar-refractivity contribution < 1.29 is 34.1 Å². The van der Waals surface area contributed by atoms with Crippen LogP contribution in [0.5, 0.6) is 0 Å². The summed E-state index contributed by atoms with van der Waals surface area (Å²) in [5.41, 5.74) is 0.957. The van der Waals surface area contributed by atoms with E-state index in [0.29, 0.717) is 17.8 Å². The maximum Gasteiger partial charge on any atom is 0.322 e. The Kier molecular flexibility index (Phi) is 7.70. The Morgan fingerprint density at radius 1 is 0.884 bits per heavy atom. The second-order valence-corrected chi connectivity index (χ2v) is 16.8. The Labute approximate surface area is 256 Å². The van der Waals surface area contributed by atoms with Gasteiger partial charge in [-0.15, -0.1) is 0 Å². The van der Waals surface area contributed by atoms with Gasteiger partial charge in [0, 0.05) is 5.41 Å². The van der Waals surface area contributed by atoms with Crippen molar-refractivity contribution in [2.75, 3.05) is 6.54 Å². The lowest BCUT2D eigenvalue weighted by Gasteiger charge is -2.71. The summed E-state index contributed by atoms with van der Waals surface area (Å²) in [6.45, 7) is 15.8. The molecule has 4 saturated carbocycles. The Balaban J connectivity index is 1.38. The van der Waals surface area contributed by atoms with Gasteiger partial charge in [0.1, 0.15) is 19.1 Å². The molecule has 0 heterocycles. The summed E-state index contributed by atoms with van der Waals surface area (Å²) in [5.74, 6) is -1.92. The molecule has 8 nitrogen and oxygen atoms in total. The van der Waals surface area contributed by atoms with Gasteiger partial charge in [-0.05, 0) is 111 Å². The molecule has 43 heavy (non-hydrogen) atoms. The SMILES string of the molecule is CC1(C)C(OC(=O)CC(=O)NCC(=O)O)CC[C@]2(C)[C@H]3CC=C4[C@@H]5C[C@@](C)(C(=O)O)CC[C@]5(C)CC[C@@]4(C)[C@]3(C)CC[C@@H]12. The summed E-state index contributed by atoms with van der Waals surface area (Å²) < 4.78 is 5.95. The lowest BCUT2D eigenvalue weighted by atomic mass is 9.33. The smallest absolute Gasteiger partial charge is 0.322 e. The number of esters is 1. The fourth-order valence-electron chi connectivity index (χ4n) is 11.3. The van der Waals surface area contributed by atoms with Crippen molar-refractivity contribution in [2.24, 2.45) is 50.2 Å². The number of carbonyl (C=O) groups excluding carboxylic acids is 2. The molecule has 0 saturated heterocycles. The van der Waals surface area contributed by atoms with E-state index in [9.17, 15) is 24.3 Å². The number of hydrogen-bond acceptors (Lipinski definition) is 5. The lowest BCUT2D eigenvalue weighted by Crippen LogP contribution is -2.64. The normalized spacial score (nSPS) is 44.8. The molecule has 0 aromatic heterocycles. The van der Waals surface area contributed by atoms with Crippen LogP contribution < -0.4 is 5.32 Å². The molecule has 0 bridgehead atoms. The molecule has 8 heteroatoms. The minimum absolute atomic E-state index is 0.0294. The van der Waals surface area contributed by atoms with Crippen LogP contribution in [0.2, 0.25) is 0 Å². The van der Waals surface area contributed by atoms with E-state index in [1.54, 1.807) is 0 Å². The van der Waals surface area contributed by atoms with Gasteiger partial charge >= 0.3 is 17.9 Å². The number of nitrogens with one attached hydrogen (secondary N) is 1. The van der Waals surface area contributed by atoms with E-state index < -0.39 is 42.2 Å². The van der Waals surface area contributed by atoms with Crippen molar-refractivity contribution in [3.05, 3.63) is 11.6 Å². The minimum atomic E-state index is -1.16. The van der Waals surface area contributed by atoms with Crippen LogP contribution >= 0.6 is 0 Å². The van der Waals surface area contributed by atoms with Crippen LogP contribution in [0.25, 0.3) is 0 Å². The molecule has 5 rings (SSSR count). The largest absolute Gasteiger partial charge is 0.481 e. The van der Waals surface area contributed by atoms with E-state index in [0.717, 1.165) is 64.2 Å². The molecular weight excluding hydrogens is 546 g/mol. The van der Waals surface area contributed by atoms with Crippen molar-refractivity contribution in [2.45, 2.75) is 125 Å². The first-order valence-electron chi connectivity index (χ1n) is 16.4. The maximum atomic E-state index is 12.7. The van der Waals surface area contributed by atoms with Crippen molar-refractivity contribution in [3.8, 4) is 0 Å². The summed E-state index contributed by atoms with van der Waals surface area (Å²) in [5, 5.41) is 21.2. The predicted octanol–water partition coefficient (Wildman–Crippen LogP) is 6.38. The zero-order valence-corrected chi connectivity index (χ0v) is 27.3. The Morgan fingerprint density at radius 3 is 2.21 bits per heavy atom. The highest BCUT2D eigenvalue weighted by atomic mass is 16.5. The van der Waals surface area contributed by atoms with Crippen LogP contribution in [0.4, 0.5) is 0 Å². The number of fused-ring (bicyclic) bond motifs is 7. The molecule has 0 radical (unpaired) electrons. The Hall–Kier alpha value is -2.38. The summed E-state index contributed by atoms with van der Waals surface area (Å²) in [4.78, 5) is 47.9. The minimum Gasteiger partial charge on any atom is -0.481 e. The molecule has 1 amide bonds. The molecule has 0 aromatic rings. The van der Waals surface area contributed by atoms with E-state index >= 15 is 0 Å². The van der Waals surface area contributed by atoms with Crippen molar-refractivity contribution in [1.29, 1.82) is 0 Å². The van der Waals surface area contributed by atoms with Crippen LogP contribution in [0.15, 0.2) is 11.6 Å². The average molecular weight is 600 g/mol. The number of ether oxygens (including phenoxy) is 1. The van der Waals surface area contributed by atoms with Gasteiger partial charge in [-0.25, -0.2) is 0 Å². The highest BCUT2D eigenvalue weighted by Crippen LogP contribution is 2.75. The third kappa shape index (κ3) is 4.84. The van der Waals surface area contributed by atoms with Gasteiger partial charge in [-0.2, -0.15) is 0 Å². The van der Waals surface area contributed by atoms with Crippen molar-refractivity contribution in [1.82, 2.24) is 5.32 Å². The van der Waals surface area contributed by atoms with E-state index in [-0.39, 0.29) is 33.2 Å². The van der Waals surface area contributed by atoms with Crippen LogP contribution in [0.3, 0.4) is 0 Å². The fourth-order valence-corrected chi connectivity index (χ4v) is 11.3. The van der Waals surface area contributed by atoms with Gasteiger partial charge in [-0.3, -0.25) is 19.2 Å². The first-order valence-corrected chi connectivity index (χ1v) is 16.4. The van der Waals surface area contributed by atoms with E-state index in [4.69, 9.17) is 9.84 Å². The summed E-state index contributed by atoms with van der Waals surface area (Å²) in [6.07, 6.45) is 11.4. The molecule has 5 aliphatic carbocycles. The zero-order chi connectivity index (χ0) is 31.8. The average Bonchev–Trinajstić information content (AvgIpc) is 2.90. The molecular formula is C35H53NO7. The third-order valence-electron chi connectivity index (χ3n) is 14.3. The number of aliphatic carboxylic acids is 2. The van der Waals surface area contributed by atoms with Gasteiger partial charge in [-0.1, -0.05) is 53.2 Å². The molecule has 0 aliphatic heterocycles. The molecule has 5 aliphatic rings. The number of carbonyl (C=O) groups is 4. The van der Waals surface area contributed by atoms with Crippen LogP contribution in [0.1, 0.15) is 119 Å². The second kappa shape index (κ2) is 10.3. The third-order valence-corrected chi connectivity index (χ3v) is 14.3. The molecule has 4 fully saturated rings. The Morgan fingerprint density at radius 2 is 1.56 bits per heavy atom. The predicted molar refractivity (Wildman–Crippen MR) is 162 cm³/mol. The van der Waals surface area contributed by atoms with Crippen LogP contribution in [-0.4, -0.2) is 46.7 Å². The first kappa shape index (κ1) is 32.0. The standard InChI is InChI=1S/C35H53NO7/c1-30(2)23-10-13-35(7)24(33(23,5)12-11-25(30)43-28(40)18-26(37)36-20-27(38)39)9-8-21-22-19-32(4,29(41)42)15-14-31(22,3)16-17-34(21,35)6/h8,22-25H,9-20H2,1-7H3,(H,36,37)(H,38,39)(H,41,42)/t22-,23-,24+,25?,31+,32-,33-,34+,35+/m0/s1. The molecule has 0 spiro atoms. The fraction of sp³-hybridized carbons (Fsp3) is 0.829. The lowest BCUT2D eigenvalue weighted by molar-refractivity contribution is -0.213. The zero-order valence-electron chi connectivity index (χ0n) is 27.3.